The summed E-state index contributed by atoms with van der Waals surface area (Å²) in [6.07, 6.45) is 4.19. The van der Waals surface area contributed by atoms with Crippen LogP contribution < -0.4 is 16.0 Å². The molecule has 35 heavy (non-hydrogen) atoms. The molecule has 9 nitrogen and oxygen atoms in total. The molecule has 5 aliphatic heterocycles. The number of carbonyl (C=O) groups is 1. The summed E-state index contributed by atoms with van der Waals surface area (Å²) in [5.74, 6) is 0.769. The maximum atomic E-state index is 14.6. The Hall–Kier alpha value is -3.63. The first-order valence-corrected chi connectivity index (χ1v) is 11.9. The molecule has 3 N–H and O–H groups in total. The second-order valence-electron chi connectivity index (χ2n) is 8.82. The van der Waals surface area contributed by atoms with Gasteiger partial charge < -0.3 is 16.0 Å². The van der Waals surface area contributed by atoms with Crippen LogP contribution in [0.3, 0.4) is 0 Å². The average molecular weight is 477 g/mol. The number of rotatable bonds is 0. The van der Waals surface area contributed by atoms with Gasteiger partial charge in [-0.25, -0.2) is 19.3 Å². The number of aromatic nitrogens is 3. The third-order valence-corrected chi connectivity index (χ3v) is 6.21. The minimum absolute atomic E-state index is 0.0523. The molecular weight excluding hydrogens is 447 g/mol. The molecule has 0 spiro atoms. The number of halogens is 1. The number of nitrogens with one attached hydrogen (secondary N) is 3. The number of hydrogen-bond donors (Lipinski definition) is 3. The number of pyridine rings is 1. The first-order valence-electron chi connectivity index (χ1n) is 11.9. The van der Waals surface area contributed by atoms with Gasteiger partial charge in [0.2, 0.25) is 11.9 Å². The highest BCUT2D eigenvalue weighted by atomic mass is 19.1. The molecule has 1 fully saturated rings. The normalized spacial score (nSPS) is 21.0. The Morgan fingerprint density at radius 2 is 1.69 bits per heavy atom. The number of nitrogens with zero attached hydrogens (tertiary/aromatic N) is 5. The van der Waals surface area contributed by atoms with Crippen LogP contribution in [0.1, 0.15) is 12.0 Å². The van der Waals surface area contributed by atoms with Gasteiger partial charge in [-0.05, 0) is 42.3 Å². The molecule has 3 aromatic rings. The largest absolute Gasteiger partial charge is 0.370 e. The van der Waals surface area contributed by atoms with E-state index in [4.69, 9.17) is 0 Å². The van der Waals surface area contributed by atoms with Crippen molar-refractivity contribution in [3.8, 4) is 11.3 Å². The van der Waals surface area contributed by atoms with E-state index in [-0.39, 0.29) is 11.7 Å². The Morgan fingerprint density at radius 1 is 0.886 bits per heavy atom. The quantitative estimate of drug-likeness (QED) is 0.455. The van der Waals surface area contributed by atoms with E-state index in [2.05, 4.69) is 40.7 Å². The van der Waals surface area contributed by atoms with Gasteiger partial charge in [-0.1, -0.05) is 6.07 Å². The minimum Gasteiger partial charge on any atom is -0.370 e. The summed E-state index contributed by atoms with van der Waals surface area (Å²) in [6, 6.07) is 10.7. The van der Waals surface area contributed by atoms with Crippen LogP contribution in [-0.4, -0.2) is 76.5 Å². The van der Waals surface area contributed by atoms with Crippen LogP contribution in [0.25, 0.3) is 11.3 Å². The second-order valence-corrected chi connectivity index (χ2v) is 8.82. The van der Waals surface area contributed by atoms with E-state index in [1.54, 1.807) is 24.5 Å². The molecule has 2 aromatic heterocycles. The van der Waals surface area contributed by atoms with E-state index >= 15 is 0 Å². The topological polar surface area (TPSA) is 98.3 Å². The predicted molar refractivity (Wildman–Crippen MR) is 133 cm³/mol. The smallest absolute Gasteiger partial charge is 0.234 e. The molecule has 0 radical (unpaired) electrons. The van der Waals surface area contributed by atoms with Crippen molar-refractivity contribution in [3.63, 3.8) is 0 Å². The lowest BCUT2D eigenvalue weighted by Crippen LogP contribution is -2.49. The zero-order chi connectivity index (χ0) is 24.0. The van der Waals surface area contributed by atoms with E-state index in [0.717, 1.165) is 49.5 Å². The summed E-state index contributed by atoms with van der Waals surface area (Å²) in [6.45, 7) is 5.80. The van der Waals surface area contributed by atoms with Crippen molar-refractivity contribution in [3.05, 3.63) is 60.2 Å². The zero-order valence-corrected chi connectivity index (χ0v) is 19.5. The number of hydrogen-bond acceptors (Lipinski definition) is 8. The molecule has 8 bridgehead atoms. The van der Waals surface area contributed by atoms with Gasteiger partial charge in [0.15, 0.2) is 0 Å². The number of amides is 1. The van der Waals surface area contributed by atoms with Gasteiger partial charge in [0.1, 0.15) is 11.6 Å². The molecule has 1 amide bonds. The van der Waals surface area contributed by atoms with Crippen molar-refractivity contribution >= 4 is 23.4 Å². The monoisotopic (exact) mass is 476 g/mol. The molecule has 182 valence electrons. The van der Waals surface area contributed by atoms with E-state index in [1.807, 2.05) is 18.2 Å². The SMILES string of the molecule is O=C1CN2CCN(CC2)Cc2ccc(F)c(c2)Nc2nccc(n2)-c2ccc(nc2)NCCCN1. The summed E-state index contributed by atoms with van der Waals surface area (Å²) in [7, 11) is 0. The molecule has 0 saturated carbocycles. The van der Waals surface area contributed by atoms with Crippen LogP contribution >= 0.6 is 0 Å². The highest BCUT2D eigenvalue weighted by molar-refractivity contribution is 5.78. The Kier molecular flexibility index (Phi) is 7.10. The molecule has 0 unspecified atom stereocenters. The minimum atomic E-state index is -0.360. The van der Waals surface area contributed by atoms with Crippen LogP contribution in [-0.2, 0) is 11.3 Å². The summed E-state index contributed by atoms with van der Waals surface area (Å²) >= 11 is 0. The molecule has 1 aromatic carbocycles. The number of piperazine rings is 1. The molecule has 7 heterocycles. The Morgan fingerprint density at radius 3 is 2.49 bits per heavy atom. The Balaban J connectivity index is 1.38. The van der Waals surface area contributed by atoms with Crippen LogP contribution in [0.4, 0.5) is 21.8 Å². The second kappa shape index (κ2) is 10.7. The number of carbonyl (C=O) groups excluding carboxylic acids is 1. The van der Waals surface area contributed by atoms with Crippen molar-refractivity contribution < 1.29 is 9.18 Å². The predicted octanol–water partition coefficient (Wildman–Crippen LogP) is 2.47. The third-order valence-electron chi connectivity index (χ3n) is 6.21. The van der Waals surface area contributed by atoms with E-state index in [9.17, 15) is 9.18 Å². The van der Waals surface area contributed by atoms with Gasteiger partial charge in [-0.15, -0.1) is 0 Å². The Bertz CT molecular complexity index is 1160. The van der Waals surface area contributed by atoms with Crippen molar-refractivity contribution in [2.75, 3.05) is 56.4 Å². The van der Waals surface area contributed by atoms with E-state index in [0.29, 0.717) is 43.5 Å². The van der Waals surface area contributed by atoms with Gasteiger partial charge in [-0.3, -0.25) is 14.6 Å². The molecule has 8 rings (SSSR count). The van der Waals surface area contributed by atoms with Crippen molar-refractivity contribution in [1.82, 2.24) is 30.1 Å². The molecule has 10 heteroatoms. The summed E-state index contributed by atoms with van der Waals surface area (Å²) < 4.78 is 14.6. The van der Waals surface area contributed by atoms with Crippen molar-refractivity contribution in [2.24, 2.45) is 0 Å². The fourth-order valence-electron chi connectivity index (χ4n) is 4.27. The molecule has 1 saturated heterocycles. The third kappa shape index (κ3) is 6.09. The van der Waals surface area contributed by atoms with Gasteiger partial charge in [0.25, 0.3) is 0 Å². The lowest BCUT2D eigenvalue weighted by molar-refractivity contribution is -0.122. The lowest BCUT2D eigenvalue weighted by atomic mass is 10.1. The standard InChI is InChI=1S/C25H29FN8O/c26-20-4-2-18-14-22(20)32-25-29-9-6-21(31-25)19-3-5-23(30-15-19)27-7-1-8-28-24(35)17-34-12-10-33(16-18)11-13-34/h2-6,9,14-15H,1,7-8,10-13,16-17H2,(H,27,30)(H,28,35)(H,29,31,32). The van der Waals surface area contributed by atoms with Gasteiger partial charge in [0, 0.05) is 63.8 Å². The van der Waals surface area contributed by atoms with Crippen LogP contribution in [0.2, 0.25) is 0 Å². The number of benzene rings is 1. The summed E-state index contributed by atoms with van der Waals surface area (Å²) in [5.41, 5.74) is 2.87. The van der Waals surface area contributed by atoms with E-state index in [1.165, 1.54) is 6.07 Å². The molecule has 0 atom stereocenters. The van der Waals surface area contributed by atoms with Crippen LogP contribution in [0, 0.1) is 5.82 Å². The fourth-order valence-corrected chi connectivity index (χ4v) is 4.27. The van der Waals surface area contributed by atoms with Gasteiger partial charge >= 0.3 is 0 Å². The average Bonchev–Trinajstić information content (AvgIpc) is 2.87. The first kappa shape index (κ1) is 23.1. The number of anilines is 3. The lowest BCUT2D eigenvalue weighted by Gasteiger charge is -2.34. The highest BCUT2D eigenvalue weighted by Crippen LogP contribution is 2.23. The fraction of sp³-hybridized carbons (Fsp3) is 0.360. The molecule has 0 aliphatic carbocycles. The van der Waals surface area contributed by atoms with Crippen molar-refractivity contribution in [1.29, 1.82) is 0 Å². The maximum Gasteiger partial charge on any atom is 0.234 e. The highest BCUT2D eigenvalue weighted by Gasteiger charge is 2.19. The summed E-state index contributed by atoms with van der Waals surface area (Å²) in [4.78, 5) is 30.1. The molecule has 5 aliphatic rings. The van der Waals surface area contributed by atoms with Crippen LogP contribution in [0.15, 0.2) is 48.8 Å². The Labute approximate surface area is 203 Å². The molecular formula is C25H29FN8O. The van der Waals surface area contributed by atoms with Crippen LogP contribution in [0.5, 0.6) is 0 Å². The summed E-state index contributed by atoms with van der Waals surface area (Å²) in [5, 5.41) is 9.31. The van der Waals surface area contributed by atoms with E-state index < -0.39 is 0 Å². The van der Waals surface area contributed by atoms with Crippen molar-refractivity contribution in [2.45, 2.75) is 13.0 Å². The van der Waals surface area contributed by atoms with Gasteiger partial charge in [0.05, 0.1) is 17.9 Å². The zero-order valence-electron chi connectivity index (χ0n) is 19.5. The van der Waals surface area contributed by atoms with Gasteiger partial charge in [-0.2, -0.15) is 0 Å². The maximum absolute atomic E-state index is 14.6. The first-order chi connectivity index (χ1) is 17.1.